The highest BCUT2D eigenvalue weighted by atomic mass is 16.5. The second-order valence-corrected chi connectivity index (χ2v) is 4.29. The predicted octanol–water partition coefficient (Wildman–Crippen LogP) is 1.33. The summed E-state index contributed by atoms with van der Waals surface area (Å²) in [7, 11) is 0. The maximum Gasteiger partial charge on any atom is 0.251 e. The van der Waals surface area contributed by atoms with Gasteiger partial charge in [0.1, 0.15) is 0 Å². The van der Waals surface area contributed by atoms with Gasteiger partial charge in [0, 0.05) is 24.3 Å². The number of benzene rings is 1. The lowest BCUT2D eigenvalue weighted by Crippen LogP contribution is -2.27. The van der Waals surface area contributed by atoms with Crippen LogP contribution in [0.4, 0.5) is 0 Å². The molecule has 1 aromatic rings. The van der Waals surface area contributed by atoms with Gasteiger partial charge >= 0.3 is 0 Å². The topological polar surface area (TPSA) is 96.9 Å². The molecule has 0 aliphatic rings. The van der Waals surface area contributed by atoms with Crippen LogP contribution >= 0.6 is 0 Å². The van der Waals surface area contributed by atoms with E-state index < -0.39 is 0 Å². The molecular formula is C14H21N3O3. The van der Waals surface area contributed by atoms with Crippen LogP contribution in [-0.2, 0) is 4.74 Å². The molecule has 0 unspecified atom stereocenters. The molecule has 6 nitrogen and oxygen atoms in total. The van der Waals surface area contributed by atoms with Crippen molar-refractivity contribution >= 4 is 11.7 Å². The Morgan fingerprint density at radius 2 is 2.15 bits per heavy atom. The zero-order chi connectivity index (χ0) is 14.8. The zero-order valence-corrected chi connectivity index (χ0v) is 11.6. The minimum absolute atomic E-state index is 0.0254. The maximum absolute atomic E-state index is 11.9. The molecule has 0 aliphatic heterocycles. The van der Waals surface area contributed by atoms with E-state index in [4.69, 9.17) is 15.7 Å². The van der Waals surface area contributed by atoms with Gasteiger partial charge in [-0.3, -0.25) is 4.79 Å². The first kappa shape index (κ1) is 16.0. The monoisotopic (exact) mass is 279 g/mol. The summed E-state index contributed by atoms with van der Waals surface area (Å²) in [5, 5.41) is 14.3. The molecule has 0 fully saturated rings. The van der Waals surface area contributed by atoms with E-state index in [1.165, 1.54) is 0 Å². The van der Waals surface area contributed by atoms with E-state index in [2.05, 4.69) is 17.4 Å². The van der Waals surface area contributed by atoms with Gasteiger partial charge in [0.15, 0.2) is 5.84 Å². The highest BCUT2D eigenvalue weighted by Crippen LogP contribution is 2.05. The minimum atomic E-state index is -0.211. The first-order valence-corrected chi connectivity index (χ1v) is 6.63. The highest BCUT2D eigenvalue weighted by molar-refractivity contribution is 6.01. The number of amides is 1. The van der Waals surface area contributed by atoms with Crippen LogP contribution in [0.25, 0.3) is 0 Å². The highest BCUT2D eigenvalue weighted by Gasteiger charge is 2.07. The van der Waals surface area contributed by atoms with E-state index in [9.17, 15) is 4.79 Å². The van der Waals surface area contributed by atoms with Crippen LogP contribution in [-0.4, -0.2) is 36.7 Å². The zero-order valence-electron chi connectivity index (χ0n) is 11.6. The Morgan fingerprint density at radius 1 is 1.40 bits per heavy atom. The van der Waals surface area contributed by atoms with E-state index in [0.717, 1.165) is 12.8 Å². The number of nitrogens with zero attached hydrogens (tertiary/aromatic N) is 1. The maximum atomic E-state index is 11.9. The van der Waals surface area contributed by atoms with E-state index in [-0.39, 0.29) is 11.7 Å². The van der Waals surface area contributed by atoms with E-state index in [1.54, 1.807) is 24.3 Å². The summed E-state index contributed by atoms with van der Waals surface area (Å²) in [4.78, 5) is 11.9. The van der Waals surface area contributed by atoms with Gasteiger partial charge in [-0.05, 0) is 18.6 Å². The van der Waals surface area contributed by atoms with Gasteiger partial charge < -0.3 is 21.0 Å². The third kappa shape index (κ3) is 5.27. The lowest BCUT2D eigenvalue weighted by Gasteiger charge is -2.07. The molecule has 1 aromatic carbocycles. The van der Waals surface area contributed by atoms with Crippen molar-refractivity contribution in [1.82, 2.24) is 5.32 Å². The Labute approximate surface area is 118 Å². The van der Waals surface area contributed by atoms with Gasteiger partial charge in [-0.25, -0.2) is 0 Å². The lowest BCUT2D eigenvalue weighted by atomic mass is 10.1. The SMILES string of the molecule is CCCCOCCNC(=O)c1cccc(C(N)=NO)c1. The molecular weight excluding hydrogens is 258 g/mol. The van der Waals surface area contributed by atoms with Crippen molar-refractivity contribution in [2.24, 2.45) is 10.9 Å². The summed E-state index contributed by atoms with van der Waals surface area (Å²) in [6.07, 6.45) is 2.11. The average molecular weight is 279 g/mol. The van der Waals surface area contributed by atoms with Crippen molar-refractivity contribution in [1.29, 1.82) is 0 Å². The molecule has 0 aromatic heterocycles. The fourth-order valence-corrected chi connectivity index (χ4v) is 1.56. The number of nitrogens with two attached hydrogens (primary N) is 1. The summed E-state index contributed by atoms with van der Waals surface area (Å²) in [6, 6.07) is 6.59. The standard InChI is InChI=1S/C14H21N3O3/c1-2-3-8-20-9-7-16-14(18)12-6-4-5-11(10-12)13(15)17-19/h4-6,10,19H,2-3,7-9H2,1H3,(H2,15,17)(H,16,18). The van der Waals surface area contributed by atoms with Crippen LogP contribution in [0.3, 0.4) is 0 Å². The molecule has 0 saturated carbocycles. The van der Waals surface area contributed by atoms with Crippen molar-refractivity contribution in [3.05, 3.63) is 35.4 Å². The van der Waals surface area contributed by atoms with Crippen LogP contribution in [0.5, 0.6) is 0 Å². The van der Waals surface area contributed by atoms with E-state index in [0.29, 0.717) is 30.9 Å². The number of ether oxygens (including phenoxy) is 1. The van der Waals surface area contributed by atoms with Crippen LogP contribution in [0.1, 0.15) is 35.7 Å². The van der Waals surface area contributed by atoms with E-state index in [1.807, 2.05) is 0 Å². The second kappa shape index (κ2) is 8.92. The number of oxime groups is 1. The summed E-state index contributed by atoms with van der Waals surface area (Å²) in [6.45, 7) is 3.76. The second-order valence-electron chi connectivity index (χ2n) is 4.29. The van der Waals surface area contributed by atoms with Crippen molar-refractivity contribution in [3.63, 3.8) is 0 Å². The fraction of sp³-hybridized carbons (Fsp3) is 0.429. The lowest BCUT2D eigenvalue weighted by molar-refractivity contribution is 0.0913. The fourth-order valence-electron chi connectivity index (χ4n) is 1.56. The number of unbranched alkanes of at least 4 members (excludes halogenated alkanes) is 1. The number of carbonyl (C=O) groups is 1. The summed E-state index contributed by atoms with van der Waals surface area (Å²) in [5.74, 6) is -0.237. The molecule has 0 radical (unpaired) electrons. The van der Waals surface area contributed by atoms with Crippen LogP contribution in [0.2, 0.25) is 0 Å². The number of rotatable bonds is 8. The summed E-state index contributed by atoms with van der Waals surface area (Å²) < 4.78 is 5.35. The molecule has 0 heterocycles. The number of carbonyl (C=O) groups excluding carboxylic acids is 1. The molecule has 1 amide bonds. The van der Waals surface area contributed by atoms with Gasteiger partial charge in [-0.15, -0.1) is 0 Å². The first-order chi connectivity index (χ1) is 9.69. The average Bonchev–Trinajstić information content (AvgIpc) is 2.49. The molecule has 6 heteroatoms. The van der Waals surface area contributed by atoms with Crippen LogP contribution in [0.15, 0.2) is 29.4 Å². The Kier molecular flexibility index (Phi) is 7.13. The number of nitrogens with one attached hydrogen (secondary N) is 1. The summed E-state index contributed by atoms with van der Waals surface area (Å²) in [5.41, 5.74) is 6.44. The first-order valence-electron chi connectivity index (χ1n) is 6.63. The number of hydrogen-bond acceptors (Lipinski definition) is 4. The molecule has 110 valence electrons. The van der Waals surface area contributed by atoms with Crippen LogP contribution in [0, 0.1) is 0 Å². The van der Waals surface area contributed by atoms with Gasteiger partial charge in [0.2, 0.25) is 0 Å². The van der Waals surface area contributed by atoms with E-state index >= 15 is 0 Å². The molecule has 1 rings (SSSR count). The third-order valence-electron chi connectivity index (χ3n) is 2.70. The van der Waals surface area contributed by atoms with Gasteiger partial charge in [-0.1, -0.05) is 30.6 Å². The molecule has 20 heavy (non-hydrogen) atoms. The van der Waals surface area contributed by atoms with Gasteiger partial charge in [0.05, 0.1) is 6.61 Å². The smallest absolute Gasteiger partial charge is 0.251 e. The quantitative estimate of drug-likeness (QED) is 0.220. The number of hydrogen-bond donors (Lipinski definition) is 3. The largest absolute Gasteiger partial charge is 0.409 e. The minimum Gasteiger partial charge on any atom is -0.409 e. The normalized spacial score (nSPS) is 11.3. The van der Waals surface area contributed by atoms with Crippen molar-refractivity contribution in [3.8, 4) is 0 Å². The van der Waals surface area contributed by atoms with Gasteiger partial charge in [0.25, 0.3) is 5.91 Å². The molecule has 0 bridgehead atoms. The predicted molar refractivity (Wildman–Crippen MR) is 77.0 cm³/mol. The molecule has 0 atom stereocenters. The molecule has 4 N–H and O–H groups in total. The molecule has 0 aliphatic carbocycles. The molecule has 0 spiro atoms. The Morgan fingerprint density at radius 3 is 2.85 bits per heavy atom. The van der Waals surface area contributed by atoms with Crippen molar-refractivity contribution in [2.75, 3.05) is 19.8 Å². The third-order valence-corrected chi connectivity index (χ3v) is 2.70. The van der Waals surface area contributed by atoms with Crippen molar-refractivity contribution in [2.45, 2.75) is 19.8 Å². The summed E-state index contributed by atoms with van der Waals surface area (Å²) >= 11 is 0. The Hall–Kier alpha value is -2.08. The molecule has 0 saturated heterocycles. The Bertz CT molecular complexity index is 461. The van der Waals surface area contributed by atoms with Crippen LogP contribution < -0.4 is 11.1 Å². The number of amidine groups is 1. The van der Waals surface area contributed by atoms with Crippen molar-refractivity contribution < 1.29 is 14.7 Å². The van der Waals surface area contributed by atoms with Gasteiger partial charge in [-0.2, -0.15) is 0 Å². The Balaban J connectivity index is 2.43.